The van der Waals surface area contributed by atoms with Crippen LogP contribution >= 0.6 is 11.3 Å². The van der Waals surface area contributed by atoms with Crippen molar-refractivity contribution in [2.75, 3.05) is 5.32 Å². The molecule has 0 aliphatic heterocycles. The van der Waals surface area contributed by atoms with Gasteiger partial charge in [-0.15, -0.1) is 11.3 Å². The molecule has 0 aliphatic rings. The van der Waals surface area contributed by atoms with Crippen LogP contribution in [0.1, 0.15) is 22.5 Å². The minimum atomic E-state index is -4.39. The molecular weight excluding hydrogens is 375 g/mol. The summed E-state index contributed by atoms with van der Waals surface area (Å²) >= 11 is 1.49. The van der Waals surface area contributed by atoms with Crippen LogP contribution in [0.5, 0.6) is 0 Å². The van der Waals surface area contributed by atoms with Gasteiger partial charge in [0.05, 0.1) is 28.0 Å². The number of nitrogens with one attached hydrogen (secondary N) is 1. The minimum Gasteiger partial charge on any atom is -0.363 e. The summed E-state index contributed by atoms with van der Waals surface area (Å²) in [6, 6.07) is 4.39. The highest BCUT2D eigenvalue weighted by Crippen LogP contribution is 2.36. The largest absolute Gasteiger partial charge is 0.417 e. The number of hydrogen-bond donors (Lipinski definition) is 1. The van der Waals surface area contributed by atoms with Gasteiger partial charge in [0.25, 0.3) is 0 Å². The SMILES string of the molecule is Cc1cc(C)c2c(n1)sc1c(NCc3ccc(C(F)(F)F)cn3)ncnc12. The molecule has 27 heavy (non-hydrogen) atoms. The Morgan fingerprint density at radius 1 is 1.11 bits per heavy atom. The van der Waals surface area contributed by atoms with Gasteiger partial charge in [-0.1, -0.05) is 0 Å². The van der Waals surface area contributed by atoms with Gasteiger partial charge in [0.1, 0.15) is 17.0 Å². The molecule has 4 rings (SSSR count). The number of pyridine rings is 2. The van der Waals surface area contributed by atoms with Gasteiger partial charge in [0.2, 0.25) is 0 Å². The molecule has 0 spiro atoms. The average Bonchev–Trinajstić information content (AvgIpc) is 2.98. The minimum absolute atomic E-state index is 0.254. The summed E-state index contributed by atoms with van der Waals surface area (Å²) in [6.07, 6.45) is -2.09. The van der Waals surface area contributed by atoms with Gasteiger partial charge < -0.3 is 5.32 Å². The van der Waals surface area contributed by atoms with Crippen molar-refractivity contribution < 1.29 is 13.2 Å². The Balaban J connectivity index is 1.65. The number of aromatic nitrogens is 4. The first-order chi connectivity index (χ1) is 12.8. The van der Waals surface area contributed by atoms with E-state index in [-0.39, 0.29) is 6.54 Å². The second-order valence-electron chi connectivity index (χ2n) is 6.15. The summed E-state index contributed by atoms with van der Waals surface area (Å²) in [5, 5.41) is 4.14. The normalized spacial score (nSPS) is 12.0. The fourth-order valence-electron chi connectivity index (χ4n) is 2.91. The third kappa shape index (κ3) is 3.30. The number of nitrogens with zero attached hydrogens (tertiary/aromatic N) is 4. The third-order valence-corrected chi connectivity index (χ3v) is 5.22. The first kappa shape index (κ1) is 17.6. The fourth-order valence-corrected chi connectivity index (χ4v) is 4.12. The summed E-state index contributed by atoms with van der Waals surface area (Å²) in [6.45, 7) is 4.21. The van der Waals surface area contributed by atoms with Crippen LogP contribution in [0.25, 0.3) is 20.4 Å². The summed E-state index contributed by atoms with van der Waals surface area (Å²) in [5.41, 5.74) is 2.57. The number of alkyl halides is 3. The van der Waals surface area contributed by atoms with E-state index >= 15 is 0 Å². The lowest BCUT2D eigenvalue weighted by Gasteiger charge is -2.08. The lowest BCUT2D eigenvalue weighted by molar-refractivity contribution is -0.137. The van der Waals surface area contributed by atoms with Crippen molar-refractivity contribution in [1.82, 2.24) is 19.9 Å². The first-order valence-corrected chi connectivity index (χ1v) is 8.92. The lowest BCUT2D eigenvalue weighted by atomic mass is 10.1. The van der Waals surface area contributed by atoms with E-state index in [1.807, 2.05) is 19.9 Å². The van der Waals surface area contributed by atoms with E-state index in [9.17, 15) is 13.2 Å². The molecule has 138 valence electrons. The Labute approximate surface area is 156 Å². The van der Waals surface area contributed by atoms with E-state index in [2.05, 4.69) is 25.3 Å². The van der Waals surface area contributed by atoms with Gasteiger partial charge in [-0.2, -0.15) is 13.2 Å². The van der Waals surface area contributed by atoms with Crippen LogP contribution in [0.3, 0.4) is 0 Å². The molecule has 4 aromatic heterocycles. The number of rotatable bonds is 3. The second kappa shape index (κ2) is 6.41. The molecule has 0 aliphatic carbocycles. The number of thiophene rings is 1. The van der Waals surface area contributed by atoms with E-state index in [0.29, 0.717) is 11.5 Å². The third-order valence-electron chi connectivity index (χ3n) is 4.14. The highest BCUT2D eigenvalue weighted by Gasteiger charge is 2.30. The maximum Gasteiger partial charge on any atom is 0.417 e. The van der Waals surface area contributed by atoms with Crippen LogP contribution in [0, 0.1) is 13.8 Å². The van der Waals surface area contributed by atoms with E-state index in [0.717, 1.165) is 44.0 Å². The van der Waals surface area contributed by atoms with Crippen molar-refractivity contribution in [1.29, 1.82) is 0 Å². The van der Waals surface area contributed by atoms with Crippen molar-refractivity contribution in [3.05, 3.63) is 53.2 Å². The van der Waals surface area contributed by atoms with Gasteiger partial charge in [-0.05, 0) is 37.6 Å². The zero-order chi connectivity index (χ0) is 19.2. The predicted octanol–water partition coefficient (Wildman–Crippen LogP) is 4.88. The van der Waals surface area contributed by atoms with Crippen molar-refractivity contribution in [3.8, 4) is 0 Å². The number of aryl methyl sites for hydroxylation is 2. The molecule has 0 aromatic carbocycles. The van der Waals surface area contributed by atoms with Crippen LogP contribution in [0.4, 0.5) is 19.0 Å². The van der Waals surface area contributed by atoms with E-state index in [1.165, 1.54) is 23.7 Å². The molecule has 4 aromatic rings. The van der Waals surface area contributed by atoms with E-state index < -0.39 is 11.7 Å². The molecule has 5 nitrogen and oxygen atoms in total. The zero-order valence-electron chi connectivity index (χ0n) is 14.4. The van der Waals surface area contributed by atoms with Gasteiger partial charge in [-0.3, -0.25) is 4.98 Å². The van der Waals surface area contributed by atoms with E-state index in [4.69, 9.17) is 0 Å². The molecule has 9 heteroatoms. The molecule has 0 amide bonds. The highest BCUT2D eigenvalue weighted by molar-refractivity contribution is 7.26. The van der Waals surface area contributed by atoms with Crippen LogP contribution in [-0.4, -0.2) is 19.9 Å². The molecule has 0 atom stereocenters. The molecule has 1 N–H and O–H groups in total. The monoisotopic (exact) mass is 389 g/mol. The Hall–Kier alpha value is -2.81. The van der Waals surface area contributed by atoms with E-state index in [1.54, 1.807) is 0 Å². The molecule has 0 bridgehead atoms. The van der Waals surface area contributed by atoms with Gasteiger partial charge in [0.15, 0.2) is 0 Å². The quantitative estimate of drug-likeness (QED) is 0.541. The lowest BCUT2D eigenvalue weighted by Crippen LogP contribution is -2.08. The van der Waals surface area contributed by atoms with Crippen LogP contribution < -0.4 is 5.32 Å². The van der Waals surface area contributed by atoms with Crippen LogP contribution in [0.2, 0.25) is 0 Å². The highest BCUT2D eigenvalue weighted by atomic mass is 32.1. The zero-order valence-corrected chi connectivity index (χ0v) is 15.2. The Kier molecular flexibility index (Phi) is 4.18. The first-order valence-electron chi connectivity index (χ1n) is 8.10. The molecule has 0 unspecified atom stereocenters. The molecule has 0 fully saturated rings. The van der Waals surface area contributed by atoms with Crippen molar-refractivity contribution >= 4 is 37.6 Å². The van der Waals surface area contributed by atoms with Crippen LogP contribution in [-0.2, 0) is 12.7 Å². The maximum atomic E-state index is 12.6. The van der Waals surface area contributed by atoms with Crippen LogP contribution in [0.15, 0.2) is 30.7 Å². The molecule has 0 radical (unpaired) electrons. The van der Waals surface area contributed by atoms with Gasteiger partial charge in [0, 0.05) is 17.3 Å². The van der Waals surface area contributed by atoms with Crippen molar-refractivity contribution in [3.63, 3.8) is 0 Å². The summed E-state index contributed by atoms with van der Waals surface area (Å²) in [5.74, 6) is 0.613. The number of anilines is 1. The van der Waals surface area contributed by atoms with Gasteiger partial charge in [-0.25, -0.2) is 15.0 Å². The topological polar surface area (TPSA) is 63.6 Å². The Morgan fingerprint density at radius 2 is 1.93 bits per heavy atom. The molecule has 4 heterocycles. The fraction of sp³-hybridized carbons (Fsp3) is 0.222. The second-order valence-corrected chi connectivity index (χ2v) is 7.15. The number of fused-ring (bicyclic) bond motifs is 3. The molecule has 0 saturated carbocycles. The maximum absolute atomic E-state index is 12.6. The van der Waals surface area contributed by atoms with Gasteiger partial charge >= 0.3 is 6.18 Å². The summed E-state index contributed by atoms with van der Waals surface area (Å²) < 4.78 is 38.8. The Bertz CT molecular complexity index is 1140. The Morgan fingerprint density at radius 3 is 2.63 bits per heavy atom. The van der Waals surface area contributed by atoms with Crippen molar-refractivity contribution in [2.45, 2.75) is 26.6 Å². The summed E-state index contributed by atoms with van der Waals surface area (Å²) in [4.78, 5) is 18.0. The number of halogens is 3. The summed E-state index contributed by atoms with van der Waals surface area (Å²) in [7, 11) is 0. The molecule has 0 saturated heterocycles. The molecular formula is C18H14F3N5S. The average molecular weight is 389 g/mol. The predicted molar refractivity (Wildman–Crippen MR) is 98.8 cm³/mol. The number of hydrogen-bond acceptors (Lipinski definition) is 6. The standard InChI is InChI=1S/C18H14F3N5S/c1-9-5-10(2)26-17-13(9)14-15(27-17)16(25-8-24-14)23-7-12-4-3-11(6-22-12)18(19,20)21/h3-6,8H,7H2,1-2H3,(H,23,24,25). The van der Waals surface area contributed by atoms with Crippen molar-refractivity contribution in [2.24, 2.45) is 0 Å². The smallest absolute Gasteiger partial charge is 0.363 e.